The monoisotopic (exact) mass is 390 g/mol. The van der Waals surface area contributed by atoms with Gasteiger partial charge in [0.1, 0.15) is 6.04 Å². The summed E-state index contributed by atoms with van der Waals surface area (Å²) in [6, 6.07) is 16.4. The van der Waals surface area contributed by atoms with E-state index in [1.54, 1.807) is 0 Å². The predicted molar refractivity (Wildman–Crippen MR) is 118 cm³/mol. The third-order valence-electron chi connectivity index (χ3n) is 6.30. The summed E-state index contributed by atoms with van der Waals surface area (Å²) in [6.07, 6.45) is 0.940. The Bertz CT molecular complexity index is 867. The third kappa shape index (κ3) is 4.04. The fourth-order valence-corrected chi connectivity index (χ4v) is 4.11. The third-order valence-corrected chi connectivity index (χ3v) is 6.30. The molecule has 0 radical (unpaired) electrons. The topological polar surface area (TPSA) is 48.3 Å². The number of rotatable bonds is 5. The summed E-state index contributed by atoms with van der Waals surface area (Å²) in [7, 11) is 0. The van der Waals surface area contributed by atoms with Gasteiger partial charge in [-0.2, -0.15) is 10.2 Å². The second kappa shape index (κ2) is 8.36. The number of nitrogens with zero attached hydrogens (tertiary/aromatic N) is 4. The summed E-state index contributed by atoms with van der Waals surface area (Å²) in [5.41, 5.74) is 4.75. The van der Waals surface area contributed by atoms with E-state index in [-0.39, 0.29) is 17.7 Å². The first-order chi connectivity index (χ1) is 14.1. The molecule has 3 unspecified atom stereocenters. The van der Waals surface area contributed by atoms with Gasteiger partial charge in [-0.05, 0) is 42.7 Å². The van der Waals surface area contributed by atoms with Gasteiger partial charge in [0.25, 0.3) is 0 Å². The number of carbonyl (C=O) groups excluding carboxylic acids is 1. The first kappa shape index (κ1) is 19.6. The van der Waals surface area contributed by atoms with Crippen molar-refractivity contribution >= 4 is 17.2 Å². The SMILES string of the molecule is CCC(C)C1N=NC(c2ccc(N3CCN(c4ccc(C)cc4)CC3)cc2)C1=O. The second-order valence-electron chi connectivity index (χ2n) is 8.27. The van der Waals surface area contributed by atoms with Gasteiger partial charge in [-0.3, -0.25) is 4.79 Å². The molecular formula is C24H30N4O. The van der Waals surface area contributed by atoms with E-state index in [1.807, 2.05) is 12.1 Å². The maximum atomic E-state index is 12.7. The molecule has 29 heavy (non-hydrogen) atoms. The molecule has 1 fully saturated rings. The van der Waals surface area contributed by atoms with Crippen LogP contribution in [0.3, 0.4) is 0 Å². The number of benzene rings is 2. The standard InChI is InChI=1S/C24H30N4O/c1-4-18(3)22-24(29)23(26-25-22)19-7-11-21(12-8-19)28-15-13-27(14-16-28)20-9-5-17(2)6-10-20/h5-12,18,22-23H,4,13-16H2,1-3H3. The average molecular weight is 391 g/mol. The first-order valence-electron chi connectivity index (χ1n) is 10.7. The number of ketones is 1. The molecule has 0 bridgehead atoms. The maximum absolute atomic E-state index is 12.7. The van der Waals surface area contributed by atoms with E-state index in [1.165, 1.54) is 16.9 Å². The molecule has 2 aliphatic rings. The Kier molecular flexibility index (Phi) is 5.65. The van der Waals surface area contributed by atoms with Gasteiger partial charge in [-0.25, -0.2) is 0 Å². The molecule has 2 heterocycles. The van der Waals surface area contributed by atoms with Gasteiger partial charge in [-0.1, -0.05) is 50.1 Å². The summed E-state index contributed by atoms with van der Waals surface area (Å²) >= 11 is 0. The van der Waals surface area contributed by atoms with Crippen LogP contribution in [0.15, 0.2) is 58.8 Å². The zero-order valence-electron chi connectivity index (χ0n) is 17.6. The summed E-state index contributed by atoms with van der Waals surface area (Å²) in [5.74, 6) is 0.388. The van der Waals surface area contributed by atoms with Crippen LogP contribution in [0.4, 0.5) is 11.4 Å². The highest BCUT2D eigenvalue weighted by molar-refractivity contribution is 5.92. The minimum Gasteiger partial charge on any atom is -0.368 e. The summed E-state index contributed by atoms with van der Waals surface area (Å²) in [6.45, 7) is 10.3. The normalized spacial score (nSPS) is 22.9. The number of aryl methyl sites for hydroxylation is 1. The number of hydrogen-bond donors (Lipinski definition) is 0. The Balaban J connectivity index is 1.37. The second-order valence-corrected chi connectivity index (χ2v) is 8.27. The highest BCUT2D eigenvalue weighted by atomic mass is 16.1. The molecule has 2 aromatic rings. The minimum absolute atomic E-state index is 0.138. The van der Waals surface area contributed by atoms with Crippen molar-refractivity contribution in [2.75, 3.05) is 36.0 Å². The van der Waals surface area contributed by atoms with Crippen LogP contribution in [0.1, 0.15) is 37.4 Å². The van der Waals surface area contributed by atoms with Crippen molar-refractivity contribution in [2.45, 2.75) is 39.3 Å². The first-order valence-corrected chi connectivity index (χ1v) is 10.7. The number of carbonyl (C=O) groups is 1. The van der Waals surface area contributed by atoms with Crippen molar-refractivity contribution in [2.24, 2.45) is 16.1 Å². The fraction of sp³-hybridized carbons (Fsp3) is 0.458. The van der Waals surface area contributed by atoms with E-state index in [4.69, 9.17) is 0 Å². The number of anilines is 2. The van der Waals surface area contributed by atoms with Gasteiger partial charge >= 0.3 is 0 Å². The molecule has 5 nitrogen and oxygen atoms in total. The van der Waals surface area contributed by atoms with E-state index in [2.05, 4.69) is 77.2 Å². The van der Waals surface area contributed by atoms with Crippen LogP contribution in [-0.2, 0) is 4.79 Å². The summed E-state index contributed by atoms with van der Waals surface area (Å²) in [5, 5.41) is 8.54. The number of Topliss-reactive ketones (excluding diaryl/α,β-unsaturated/α-hetero) is 1. The van der Waals surface area contributed by atoms with Gasteiger partial charge in [0, 0.05) is 37.6 Å². The molecule has 2 aliphatic heterocycles. The van der Waals surface area contributed by atoms with E-state index in [0.29, 0.717) is 0 Å². The zero-order chi connectivity index (χ0) is 20.4. The van der Waals surface area contributed by atoms with E-state index < -0.39 is 6.04 Å². The molecule has 1 saturated heterocycles. The largest absolute Gasteiger partial charge is 0.368 e. The molecule has 5 heteroatoms. The molecule has 3 atom stereocenters. The minimum atomic E-state index is -0.429. The highest BCUT2D eigenvalue weighted by Crippen LogP contribution is 2.32. The van der Waals surface area contributed by atoms with Gasteiger partial charge in [0.05, 0.1) is 0 Å². The van der Waals surface area contributed by atoms with Crippen LogP contribution >= 0.6 is 0 Å². The van der Waals surface area contributed by atoms with Crippen LogP contribution in [-0.4, -0.2) is 38.0 Å². The van der Waals surface area contributed by atoms with Crippen molar-refractivity contribution in [3.63, 3.8) is 0 Å². The van der Waals surface area contributed by atoms with E-state index in [9.17, 15) is 4.79 Å². The molecule has 2 aromatic carbocycles. The van der Waals surface area contributed by atoms with Crippen molar-refractivity contribution in [3.05, 3.63) is 59.7 Å². The average Bonchev–Trinajstić information content (AvgIpc) is 3.15. The van der Waals surface area contributed by atoms with Crippen LogP contribution in [0.5, 0.6) is 0 Å². The molecule has 0 aliphatic carbocycles. The quantitative estimate of drug-likeness (QED) is 0.736. The Morgan fingerprint density at radius 1 is 0.897 bits per heavy atom. The number of hydrogen-bond acceptors (Lipinski definition) is 5. The Hall–Kier alpha value is -2.69. The lowest BCUT2D eigenvalue weighted by molar-refractivity contribution is -0.121. The molecule has 0 spiro atoms. The lowest BCUT2D eigenvalue weighted by Crippen LogP contribution is -2.46. The lowest BCUT2D eigenvalue weighted by Gasteiger charge is -2.37. The molecule has 0 amide bonds. The van der Waals surface area contributed by atoms with Crippen molar-refractivity contribution in [1.29, 1.82) is 0 Å². The molecule has 0 aromatic heterocycles. The molecular weight excluding hydrogens is 360 g/mol. The zero-order valence-corrected chi connectivity index (χ0v) is 17.6. The highest BCUT2D eigenvalue weighted by Gasteiger charge is 2.36. The lowest BCUT2D eigenvalue weighted by atomic mass is 9.91. The predicted octanol–water partition coefficient (Wildman–Crippen LogP) is 4.81. The summed E-state index contributed by atoms with van der Waals surface area (Å²) in [4.78, 5) is 17.5. The van der Waals surface area contributed by atoms with Gasteiger partial charge in [-0.15, -0.1) is 0 Å². The number of piperazine rings is 1. The van der Waals surface area contributed by atoms with Gasteiger partial charge < -0.3 is 9.80 Å². The molecule has 0 saturated carbocycles. The fourth-order valence-electron chi connectivity index (χ4n) is 4.11. The van der Waals surface area contributed by atoms with Crippen LogP contribution in [0.25, 0.3) is 0 Å². The van der Waals surface area contributed by atoms with E-state index in [0.717, 1.165) is 38.2 Å². The van der Waals surface area contributed by atoms with E-state index >= 15 is 0 Å². The Morgan fingerprint density at radius 2 is 1.41 bits per heavy atom. The smallest absolute Gasteiger partial charge is 0.190 e. The summed E-state index contributed by atoms with van der Waals surface area (Å²) < 4.78 is 0. The van der Waals surface area contributed by atoms with Crippen molar-refractivity contribution in [1.82, 2.24) is 0 Å². The van der Waals surface area contributed by atoms with Gasteiger partial charge in [0.15, 0.2) is 11.8 Å². The molecule has 152 valence electrons. The maximum Gasteiger partial charge on any atom is 0.190 e. The molecule has 0 N–H and O–H groups in total. The van der Waals surface area contributed by atoms with Crippen LogP contribution in [0, 0.1) is 12.8 Å². The Morgan fingerprint density at radius 3 is 1.93 bits per heavy atom. The Labute approximate surface area is 173 Å². The van der Waals surface area contributed by atoms with Gasteiger partial charge in [0.2, 0.25) is 0 Å². The molecule has 4 rings (SSSR count). The van der Waals surface area contributed by atoms with Crippen LogP contribution in [0.2, 0.25) is 0 Å². The van der Waals surface area contributed by atoms with Crippen molar-refractivity contribution < 1.29 is 4.79 Å². The number of azo groups is 1. The van der Waals surface area contributed by atoms with Crippen molar-refractivity contribution in [3.8, 4) is 0 Å². The van der Waals surface area contributed by atoms with Crippen LogP contribution < -0.4 is 9.80 Å².